The smallest absolute Gasteiger partial charge is 0.295 e. The summed E-state index contributed by atoms with van der Waals surface area (Å²) in [7, 11) is 0. The summed E-state index contributed by atoms with van der Waals surface area (Å²) in [5.74, 6) is -0.0142. The molecule has 2 aliphatic rings. The third kappa shape index (κ3) is 3.36. The highest BCUT2D eigenvalue weighted by Gasteiger charge is 2.38. The van der Waals surface area contributed by atoms with Gasteiger partial charge in [0, 0.05) is 17.3 Å². The highest BCUT2D eigenvalue weighted by molar-refractivity contribution is 5.87. The zero-order chi connectivity index (χ0) is 19.8. The topological polar surface area (TPSA) is 50.8 Å². The van der Waals surface area contributed by atoms with Gasteiger partial charge >= 0.3 is 0 Å². The molecule has 29 heavy (non-hydrogen) atoms. The molecule has 5 nitrogen and oxygen atoms in total. The molecular formula is C24H27N4O+. The second-order valence-corrected chi connectivity index (χ2v) is 8.27. The number of nitrogens with zero attached hydrogens (tertiary/aromatic N) is 2. The fourth-order valence-electron chi connectivity index (χ4n) is 5.08. The highest BCUT2D eigenvalue weighted by atomic mass is 16.2. The molecule has 0 saturated heterocycles. The van der Waals surface area contributed by atoms with Crippen LogP contribution in [0.25, 0.3) is 10.9 Å². The Kier molecular flexibility index (Phi) is 4.68. The Bertz CT molecular complexity index is 1080. The van der Waals surface area contributed by atoms with E-state index in [0.29, 0.717) is 12.6 Å². The van der Waals surface area contributed by atoms with E-state index in [-0.39, 0.29) is 5.91 Å². The molecule has 2 heterocycles. The Morgan fingerprint density at radius 3 is 3.00 bits per heavy atom. The molecule has 0 radical (unpaired) electrons. The normalized spacial score (nSPS) is 20.7. The number of hydrogen-bond acceptors (Lipinski definition) is 2. The van der Waals surface area contributed by atoms with Gasteiger partial charge in [0.05, 0.1) is 25.0 Å². The number of hydrazone groups is 1. The maximum absolute atomic E-state index is 12.5. The third-order valence-corrected chi connectivity index (χ3v) is 6.36. The summed E-state index contributed by atoms with van der Waals surface area (Å²) in [6.07, 6.45) is 5.20. The lowest BCUT2D eigenvalue weighted by molar-refractivity contribution is -0.929. The molecule has 2 aromatic carbocycles. The average molecular weight is 388 g/mol. The number of quaternary nitrogens is 1. The highest BCUT2D eigenvalue weighted by Crippen LogP contribution is 2.37. The molecule has 1 aromatic heterocycles. The largest absolute Gasteiger partial charge is 0.334 e. The van der Waals surface area contributed by atoms with Crippen LogP contribution in [0.4, 0.5) is 0 Å². The van der Waals surface area contributed by atoms with Crippen molar-refractivity contribution in [2.24, 2.45) is 5.10 Å². The van der Waals surface area contributed by atoms with Crippen LogP contribution in [-0.4, -0.2) is 29.8 Å². The Labute approximate surface area is 171 Å². The van der Waals surface area contributed by atoms with Crippen LogP contribution in [-0.2, 0) is 17.8 Å². The quantitative estimate of drug-likeness (QED) is 0.524. The van der Waals surface area contributed by atoms with Crippen molar-refractivity contribution in [1.29, 1.82) is 0 Å². The Hall–Kier alpha value is -2.92. The van der Waals surface area contributed by atoms with E-state index in [1.165, 1.54) is 39.0 Å². The number of carbonyl (C=O) groups is 1. The van der Waals surface area contributed by atoms with E-state index < -0.39 is 0 Å². The summed E-state index contributed by atoms with van der Waals surface area (Å²) < 4.78 is 2.52. The van der Waals surface area contributed by atoms with Crippen molar-refractivity contribution in [2.45, 2.75) is 38.8 Å². The summed E-state index contributed by atoms with van der Waals surface area (Å²) in [5, 5.41) is 5.55. The zero-order valence-electron chi connectivity index (χ0n) is 16.8. The minimum atomic E-state index is -0.0142. The number of hydrogen-bond donors (Lipinski definition) is 2. The maximum atomic E-state index is 12.5. The number of aromatic nitrogens is 1. The first-order valence-corrected chi connectivity index (χ1v) is 10.5. The van der Waals surface area contributed by atoms with Crippen molar-refractivity contribution in [2.75, 3.05) is 13.1 Å². The minimum Gasteiger partial charge on any atom is -0.334 e. The third-order valence-electron chi connectivity index (χ3n) is 6.36. The van der Waals surface area contributed by atoms with Gasteiger partial charge in [-0.1, -0.05) is 42.0 Å². The van der Waals surface area contributed by atoms with E-state index in [0.717, 1.165) is 31.5 Å². The summed E-state index contributed by atoms with van der Waals surface area (Å²) in [6, 6.07) is 17.1. The monoisotopic (exact) mass is 387 g/mol. The number of rotatable bonds is 4. The second-order valence-electron chi connectivity index (χ2n) is 8.27. The SMILES string of the molecule is Cc1ccc2c(c1)c1c3n2CC[NH+](CC(=O)N/N=C\c2ccccc2)[C@H]3CCC1. The van der Waals surface area contributed by atoms with Crippen LogP contribution in [0.3, 0.4) is 0 Å². The number of carbonyl (C=O) groups excluding carboxylic acids is 1. The van der Waals surface area contributed by atoms with Gasteiger partial charge in [-0.25, -0.2) is 5.43 Å². The first-order chi connectivity index (χ1) is 14.2. The molecule has 0 spiro atoms. The first-order valence-electron chi connectivity index (χ1n) is 10.5. The molecule has 1 amide bonds. The molecule has 148 valence electrons. The fourth-order valence-corrected chi connectivity index (χ4v) is 5.08. The molecule has 5 heteroatoms. The van der Waals surface area contributed by atoms with Gasteiger partial charge in [0.25, 0.3) is 5.91 Å². The van der Waals surface area contributed by atoms with Crippen molar-refractivity contribution >= 4 is 23.0 Å². The maximum Gasteiger partial charge on any atom is 0.295 e. The predicted octanol–water partition coefficient (Wildman–Crippen LogP) is 2.38. The van der Waals surface area contributed by atoms with E-state index in [1.807, 2.05) is 30.3 Å². The van der Waals surface area contributed by atoms with Crippen molar-refractivity contribution in [1.82, 2.24) is 9.99 Å². The summed E-state index contributed by atoms with van der Waals surface area (Å²) in [6.45, 7) is 4.59. The van der Waals surface area contributed by atoms with E-state index in [1.54, 1.807) is 6.21 Å². The minimum absolute atomic E-state index is 0.0142. The Morgan fingerprint density at radius 2 is 2.14 bits per heavy atom. The van der Waals surface area contributed by atoms with Gasteiger partial charge in [0.2, 0.25) is 0 Å². The van der Waals surface area contributed by atoms with Crippen LogP contribution in [0.15, 0.2) is 53.6 Å². The van der Waals surface area contributed by atoms with Gasteiger partial charge in [-0.3, -0.25) is 4.79 Å². The van der Waals surface area contributed by atoms with E-state index in [9.17, 15) is 4.79 Å². The molecule has 1 aliphatic heterocycles. The lowest BCUT2D eigenvalue weighted by Crippen LogP contribution is -3.14. The molecule has 0 bridgehead atoms. The Balaban J connectivity index is 1.34. The molecule has 1 aliphatic carbocycles. The van der Waals surface area contributed by atoms with Crippen LogP contribution < -0.4 is 10.3 Å². The molecule has 0 fully saturated rings. The van der Waals surface area contributed by atoms with Crippen molar-refractivity contribution in [3.05, 3.63) is 70.9 Å². The van der Waals surface area contributed by atoms with Crippen LogP contribution in [0.5, 0.6) is 0 Å². The Morgan fingerprint density at radius 1 is 1.28 bits per heavy atom. The van der Waals surface area contributed by atoms with Gasteiger partial charge in [-0.2, -0.15) is 5.10 Å². The summed E-state index contributed by atoms with van der Waals surface area (Å²) in [4.78, 5) is 13.9. The molecule has 3 aromatic rings. The van der Waals surface area contributed by atoms with E-state index >= 15 is 0 Å². The van der Waals surface area contributed by atoms with Gasteiger partial charge in [-0.05, 0) is 43.0 Å². The summed E-state index contributed by atoms with van der Waals surface area (Å²) in [5.41, 5.74) is 9.37. The molecular weight excluding hydrogens is 360 g/mol. The average Bonchev–Trinajstić information content (AvgIpc) is 3.05. The number of benzene rings is 2. The lowest BCUT2D eigenvalue weighted by Gasteiger charge is -2.36. The van der Waals surface area contributed by atoms with E-state index in [4.69, 9.17) is 0 Å². The number of aryl methyl sites for hydroxylation is 2. The van der Waals surface area contributed by atoms with Gasteiger partial charge in [-0.15, -0.1) is 0 Å². The van der Waals surface area contributed by atoms with Crippen molar-refractivity contribution in [3.63, 3.8) is 0 Å². The molecule has 1 unspecified atom stereocenters. The number of amides is 1. The summed E-state index contributed by atoms with van der Waals surface area (Å²) >= 11 is 0. The molecule has 0 saturated carbocycles. The first kappa shape index (κ1) is 18.1. The molecule has 2 N–H and O–H groups in total. The lowest BCUT2D eigenvalue weighted by atomic mass is 9.89. The number of nitrogens with one attached hydrogen (secondary N) is 2. The van der Waals surface area contributed by atoms with Gasteiger partial charge in [0.1, 0.15) is 6.04 Å². The molecule has 5 rings (SSSR count). The van der Waals surface area contributed by atoms with E-state index in [2.05, 4.69) is 40.2 Å². The standard InChI is InChI=1S/C24H26N4O/c1-17-10-11-21-20(14-17)19-8-5-9-22-24(19)28(21)13-12-27(22)16-23(29)26-25-15-18-6-3-2-4-7-18/h2-4,6-7,10-11,14-15,22H,5,8-9,12-13,16H2,1H3,(H,26,29)/p+1/b25-15-/t22-/m0/s1. The number of fused-ring (bicyclic) bond motifs is 3. The van der Waals surface area contributed by atoms with Gasteiger partial charge < -0.3 is 9.47 Å². The predicted molar refractivity (Wildman–Crippen MR) is 115 cm³/mol. The van der Waals surface area contributed by atoms with Crippen molar-refractivity contribution < 1.29 is 9.69 Å². The second kappa shape index (κ2) is 7.48. The van der Waals surface area contributed by atoms with Crippen LogP contribution in [0.1, 0.15) is 41.3 Å². The van der Waals surface area contributed by atoms with Crippen LogP contribution >= 0.6 is 0 Å². The molecule has 2 atom stereocenters. The zero-order valence-corrected chi connectivity index (χ0v) is 16.8. The van der Waals surface area contributed by atoms with Gasteiger partial charge in [0.15, 0.2) is 6.54 Å². The van der Waals surface area contributed by atoms with Crippen LogP contribution in [0.2, 0.25) is 0 Å². The fraction of sp³-hybridized carbons (Fsp3) is 0.333. The van der Waals surface area contributed by atoms with Crippen molar-refractivity contribution in [3.8, 4) is 0 Å². The van der Waals surface area contributed by atoms with Crippen LogP contribution in [0, 0.1) is 6.92 Å².